The molecule has 2 aromatic carbocycles. The fourth-order valence-electron chi connectivity index (χ4n) is 3.66. The van der Waals surface area contributed by atoms with Crippen LogP contribution >= 0.6 is 0 Å². The van der Waals surface area contributed by atoms with Gasteiger partial charge >= 0.3 is 0 Å². The van der Waals surface area contributed by atoms with Crippen molar-refractivity contribution < 1.29 is 17.6 Å². The number of aryl methyl sites for hydroxylation is 1. The summed E-state index contributed by atoms with van der Waals surface area (Å²) in [5, 5.41) is 3.06. The quantitative estimate of drug-likeness (QED) is 0.666. The van der Waals surface area contributed by atoms with Gasteiger partial charge in [0.25, 0.3) is 5.91 Å². The molecule has 1 N–H and O–H groups in total. The second-order valence-corrected chi connectivity index (χ2v) is 9.98. The maximum Gasteiger partial charge on any atom is 0.291 e. The lowest BCUT2D eigenvalue weighted by atomic mass is 10.0. The highest BCUT2D eigenvalue weighted by atomic mass is 32.2. The zero-order chi connectivity index (χ0) is 22.2. The molecule has 0 aliphatic carbocycles. The molecular weight excluding hydrogens is 416 g/mol. The van der Waals surface area contributed by atoms with Gasteiger partial charge in [0.15, 0.2) is 11.2 Å². The summed E-state index contributed by atoms with van der Waals surface area (Å²) in [6.07, 6.45) is 1.70. The van der Waals surface area contributed by atoms with Crippen LogP contribution in [-0.2, 0) is 10.0 Å². The van der Waals surface area contributed by atoms with Crippen molar-refractivity contribution in [2.45, 2.75) is 31.6 Å². The number of piperidine rings is 1. The second-order valence-electron chi connectivity index (χ2n) is 8.04. The van der Waals surface area contributed by atoms with E-state index in [-0.39, 0.29) is 16.1 Å². The minimum Gasteiger partial charge on any atom is -0.451 e. The number of carbonyl (C=O) groups is 1. The number of fused-ring (bicyclic) bond motifs is 1. The molecule has 1 aliphatic heterocycles. The van der Waals surface area contributed by atoms with E-state index in [2.05, 4.69) is 12.2 Å². The van der Waals surface area contributed by atoms with Crippen molar-refractivity contribution in [3.63, 3.8) is 0 Å². The molecule has 0 atom stereocenters. The van der Waals surface area contributed by atoms with E-state index in [4.69, 9.17) is 4.42 Å². The van der Waals surface area contributed by atoms with E-state index in [0.29, 0.717) is 35.7 Å². The molecule has 1 saturated heterocycles. The highest BCUT2D eigenvalue weighted by molar-refractivity contribution is 7.89. The van der Waals surface area contributed by atoms with Gasteiger partial charge in [0.2, 0.25) is 10.0 Å². The van der Waals surface area contributed by atoms with Gasteiger partial charge < -0.3 is 9.73 Å². The van der Waals surface area contributed by atoms with Gasteiger partial charge in [-0.05, 0) is 62.1 Å². The number of nitrogens with one attached hydrogen (secondary N) is 1. The fourth-order valence-corrected chi connectivity index (χ4v) is 5.13. The zero-order valence-electron chi connectivity index (χ0n) is 17.4. The average molecular weight is 441 g/mol. The first-order valence-corrected chi connectivity index (χ1v) is 11.6. The molecule has 8 heteroatoms. The third-order valence-electron chi connectivity index (χ3n) is 5.60. The number of sulfonamides is 1. The van der Waals surface area contributed by atoms with Gasteiger partial charge in [-0.2, -0.15) is 4.31 Å². The summed E-state index contributed by atoms with van der Waals surface area (Å²) in [7, 11) is -3.56. The number of anilines is 1. The van der Waals surface area contributed by atoms with Crippen LogP contribution in [0.2, 0.25) is 0 Å². The predicted octanol–water partition coefficient (Wildman–Crippen LogP) is 3.77. The lowest BCUT2D eigenvalue weighted by molar-refractivity contribution is 0.0997. The molecule has 2 heterocycles. The van der Waals surface area contributed by atoms with Crippen molar-refractivity contribution in [2.75, 3.05) is 18.4 Å². The van der Waals surface area contributed by atoms with E-state index >= 15 is 0 Å². The van der Waals surface area contributed by atoms with Crippen molar-refractivity contribution in [1.82, 2.24) is 4.31 Å². The number of amides is 1. The molecule has 1 fully saturated rings. The molecule has 162 valence electrons. The molecule has 0 unspecified atom stereocenters. The van der Waals surface area contributed by atoms with Crippen LogP contribution < -0.4 is 10.7 Å². The summed E-state index contributed by atoms with van der Waals surface area (Å²) < 4.78 is 32.7. The number of benzene rings is 2. The van der Waals surface area contributed by atoms with Crippen molar-refractivity contribution in [3.8, 4) is 0 Å². The van der Waals surface area contributed by atoms with E-state index in [0.717, 1.165) is 24.5 Å². The van der Waals surface area contributed by atoms with Gasteiger partial charge in [0, 0.05) is 24.8 Å². The van der Waals surface area contributed by atoms with Crippen LogP contribution in [0.1, 0.15) is 35.9 Å². The Morgan fingerprint density at radius 3 is 2.42 bits per heavy atom. The summed E-state index contributed by atoms with van der Waals surface area (Å²) in [5.41, 5.74) is 1.36. The van der Waals surface area contributed by atoms with Gasteiger partial charge in [0.05, 0.1) is 10.3 Å². The lowest BCUT2D eigenvalue weighted by Gasteiger charge is -2.29. The van der Waals surface area contributed by atoms with Crippen molar-refractivity contribution in [1.29, 1.82) is 0 Å². The molecule has 1 amide bonds. The van der Waals surface area contributed by atoms with Crippen molar-refractivity contribution >= 4 is 32.6 Å². The first-order chi connectivity index (χ1) is 14.7. The van der Waals surface area contributed by atoms with Gasteiger partial charge in [0.1, 0.15) is 5.58 Å². The smallest absolute Gasteiger partial charge is 0.291 e. The number of carbonyl (C=O) groups excluding carboxylic acids is 1. The molecular formula is C23H24N2O5S. The number of rotatable bonds is 4. The van der Waals surface area contributed by atoms with E-state index in [1.807, 2.05) is 6.92 Å². The Labute approximate surface area is 180 Å². The molecule has 0 saturated carbocycles. The highest BCUT2D eigenvalue weighted by Gasteiger charge is 2.28. The largest absolute Gasteiger partial charge is 0.451 e. The van der Waals surface area contributed by atoms with Crippen LogP contribution in [0.3, 0.4) is 0 Å². The Kier molecular flexibility index (Phi) is 5.68. The summed E-state index contributed by atoms with van der Waals surface area (Å²) in [5.74, 6) is -0.163. The molecule has 1 aromatic heterocycles. The van der Waals surface area contributed by atoms with Crippen LogP contribution in [0.25, 0.3) is 11.0 Å². The number of nitrogens with zero attached hydrogens (tertiary/aromatic N) is 1. The third-order valence-corrected chi connectivity index (χ3v) is 7.51. The first-order valence-electron chi connectivity index (χ1n) is 10.2. The predicted molar refractivity (Wildman–Crippen MR) is 119 cm³/mol. The van der Waals surface area contributed by atoms with Crippen LogP contribution in [-0.4, -0.2) is 31.7 Å². The van der Waals surface area contributed by atoms with Crippen LogP contribution in [0.5, 0.6) is 0 Å². The SMILES string of the molecule is Cc1ccc2oc(C(=O)Nc3ccc(S(=O)(=O)N4CCC(C)CC4)cc3)cc(=O)c2c1. The zero-order valence-corrected chi connectivity index (χ0v) is 18.2. The summed E-state index contributed by atoms with van der Waals surface area (Å²) in [6.45, 7) is 5.03. The molecule has 31 heavy (non-hydrogen) atoms. The summed E-state index contributed by atoms with van der Waals surface area (Å²) in [6, 6.07) is 12.3. The van der Waals surface area contributed by atoms with Crippen molar-refractivity contribution in [2.24, 2.45) is 5.92 Å². The molecule has 0 bridgehead atoms. The lowest BCUT2D eigenvalue weighted by Crippen LogP contribution is -2.37. The summed E-state index contributed by atoms with van der Waals surface area (Å²) >= 11 is 0. The van der Waals surface area contributed by atoms with Gasteiger partial charge in [-0.15, -0.1) is 0 Å². The second kappa shape index (κ2) is 8.28. The minimum atomic E-state index is -3.56. The monoisotopic (exact) mass is 440 g/mol. The van der Waals surface area contributed by atoms with Crippen LogP contribution in [0.15, 0.2) is 62.6 Å². The molecule has 3 aromatic rings. The molecule has 7 nitrogen and oxygen atoms in total. The van der Waals surface area contributed by atoms with Crippen LogP contribution in [0.4, 0.5) is 5.69 Å². The van der Waals surface area contributed by atoms with Gasteiger partial charge in [-0.25, -0.2) is 8.42 Å². The normalized spacial score (nSPS) is 15.8. The highest BCUT2D eigenvalue weighted by Crippen LogP contribution is 2.24. The Bertz CT molecular complexity index is 1290. The topological polar surface area (TPSA) is 96.7 Å². The molecule has 0 spiro atoms. The Morgan fingerprint density at radius 2 is 1.74 bits per heavy atom. The van der Waals surface area contributed by atoms with Gasteiger partial charge in [-0.1, -0.05) is 18.6 Å². The van der Waals surface area contributed by atoms with E-state index in [1.165, 1.54) is 28.6 Å². The maximum atomic E-state index is 12.8. The fraction of sp³-hybridized carbons (Fsp3) is 0.304. The Hall–Kier alpha value is -2.97. The molecule has 1 aliphatic rings. The maximum absolute atomic E-state index is 12.8. The Morgan fingerprint density at radius 1 is 1.06 bits per heavy atom. The first kappa shape index (κ1) is 21.3. The standard InChI is InChI=1S/C23H24N2O5S/c1-15-9-11-25(12-10-15)31(28,29)18-6-4-17(5-7-18)24-23(27)22-14-20(26)19-13-16(2)3-8-21(19)30-22/h3-8,13-15H,9-12H2,1-2H3,(H,24,27). The number of hydrogen-bond acceptors (Lipinski definition) is 5. The Balaban J connectivity index is 1.51. The number of hydrogen-bond donors (Lipinski definition) is 1. The van der Waals surface area contributed by atoms with Crippen molar-refractivity contribution in [3.05, 3.63) is 70.1 Å². The molecule has 4 rings (SSSR count). The minimum absolute atomic E-state index is 0.111. The average Bonchev–Trinajstić information content (AvgIpc) is 2.75. The van der Waals surface area contributed by atoms with Crippen LogP contribution in [0, 0.1) is 12.8 Å². The van der Waals surface area contributed by atoms with Gasteiger partial charge in [-0.3, -0.25) is 9.59 Å². The molecule has 0 radical (unpaired) electrons. The van der Waals surface area contributed by atoms with E-state index in [1.54, 1.807) is 18.2 Å². The van der Waals surface area contributed by atoms with E-state index < -0.39 is 15.9 Å². The third kappa shape index (κ3) is 4.40. The van der Waals surface area contributed by atoms with E-state index in [9.17, 15) is 18.0 Å². The summed E-state index contributed by atoms with van der Waals surface area (Å²) in [4.78, 5) is 25.1.